The molecule has 2 aromatic rings. The molecule has 2 amide bonds. The van der Waals surface area contributed by atoms with Gasteiger partial charge in [0.2, 0.25) is 11.8 Å². The van der Waals surface area contributed by atoms with Crippen molar-refractivity contribution in [2.45, 2.75) is 39.2 Å². The molecule has 2 atom stereocenters. The van der Waals surface area contributed by atoms with E-state index in [9.17, 15) is 9.59 Å². The van der Waals surface area contributed by atoms with Gasteiger partial charge in [0, 0.05) is 25.6 Å². The SMILES string of the molecule is COc1ccc(-n2ncc3c2CC(C)(C)C[C@@H]3NC(=O)[C@@H]2CC(=O)N(C)C2)cc1. The van der Waals surface area contributed by atoms with Crippen LogP contribution in [0.5, 0.6) is 5.75 Å². The van der Waals surface area contributed by atoms with Crippen molar-refractivity contribution in [1.29, 1.82) is 0 Å². The third-order valence-electron chi connectivity index (χ3n) is 6.02. The molecule has 2 heterocycles. The van der Waals surface area contributed by atoms with E-state index in [0.29, 0.717) is 6.54 Å². The molecule has 29 heavy (non-hydrogen) atoms. The molecule has 1 aliphatic heterocycles. The van der Waals surface area contributed by atoms with Crippen LogP contribution in [-0.4, -0.2) is 47.2 Å². The minimum Gasteiger partial charge on any atom is -0.497 e. The van der Waals surface area contributed by atoms with E-state index < -0.39 is 0 Å². The van der Waals surface area contributed by atoms with Gasteiger partial charge in [0.1, 0.15) is 5.75 Å². The van der Waals surface area contributed by atoms with Gasteiger partial charge in [-0.3, -0.25) is 9.59 Å². The fourth-order valence-electron chi connectivity index (χ4n) is 4.45. The highest BCUT2D eigenvalue weighted by Gasteiger charge is 2.38. The molecule has 0 unspecified atom stereocenters. The third kappa shape index (κ3) is 3.73. The van der Waals surface area contributed by atoms with Gasteiger partial charge in [-0.2, -0.15) is 5.10 Å². The van der Waals surface area contributed by atoms with Gasteiger partial charge in [-0.1, -0.05) is 13.8 Å². The minimum absolute atomic E-state index is 0.0253. The van der Waals surface area contributed by atoms with Gasteiger partial charge in [0.05, 0.1) is 36.6 Å². The predicted molar refractivity (Wildman–Crippen MR) is 109 cm³/mol. The topological polar surface area (TPSA) is 76.5 Å². The molecule has 1 aromatic heterocycles. The first kappa shape index (κ1) is 19.5. The molecular formula is C22H28N4O3. The van der Waals surface area contributed by atoms with Crippen LogP contribution >= 0.6 is 0 Å². The molecule has 154 valence electrons. The van der Waals surface area contributed by atoms with Crippen molar-refractivity contribution >= 4 is 11.8 Å². The van der Waals surface area contributed by atoms with Crippen LogP contribution in [0.4, 0.5) is 0 Å². The van der Waals surface area contributed by atoms with Gasteiger partial charge in [0.25, 0.3) is 0 Å². The van der Waals surface area contributed by atoms with Gasteiger partial charge >= 0.3 is 0 Å². The number of aromatic nitrogens is 2. The molecule has 0 bridgehead atoms. The lowest BCUT2D eigenvalue weighted by Crippen LogP contribution is -2.40. The number of hydrogen-bond acceptors (Lipinski definition) is 4. The third-order valence-corrected chi connectivity index (χ3v) is 6.02. The maximum Gasteiger partial charge on any atom is 0.225 e. The number of likely N-dealkylation sites (tertiary alicyclic amines) is 1. The second kappa shape index (κ2) is 7.21. The van der Waals surface area contributed by atoms with Crippen LogP contribution in [0.2, 0.25) is 0 Å². The Balaban J connectivity index is 1.61. The van der Waals surface area contributed by atoms with Crippen molar-refractivity contribution in [2.24, 2.45) is 11.3 Å². The van der Waals surface area contributed by atoms with Gasteiger partial charge in [-0.25, -0.2) is 4.68 Å². The van der Waals surface area contributed by atoms with E-state index in [1.807, 2.05) is 35.1 Å². The zero-order valence-electron chi connectivity index (χ0n) is 17.4. The van der Waals surface area contributed by atoms with Crippen LogP contribution in [0.15, 0.2) is 30.5 Å². The summed E-state index contributed by atoms with van der Waals surface area (Å²) >= 11 is 0. The molecule has 2 aliphatic rings. The number of benzene rings is 1. The Kier molecular flexibility index (Phi) is 4.84. The summed E-state index contributed by atoms with van der Waals surface area (Å²) in [6.07, 6.45) is 3.88. The average molecular weight is 396 g/mol. The summed E-state index contributed by atoms with van der Waals surface area (Å²) in [7, 11) is 3.40. The van der Waals surface area contributed by atoms with Crippen molar-refractivity contribution in [1.82, 2.24) is 20.0 Å². The first-order valence-corrected chi connectivity index (χ1v) is 10.0. The molecule has 1 N–H and O–H groups in total. The Morgan fingerprint density at radius 3 is 2.62 bits per heavy atom. The van der Waals surface area contributed by atoms with E-state index in [4.69, 9.17) is 4.74 Å². The summed E-state index contributed by atoms with van der Waals surface area (Å²) in [4.78, 5) is 26.3. The van der Waals surface area contributed by atoms with E-state index in [0.717, 1.165) is 35.5 Å². The van der Waals surface area contributed by atoms with Crippen LogP contribution in [0.25, 0.3) is 5.69 Å². The van der Waals surface area contributed by atoms with Crippen molar-refractivity contribution in [3.05, 3.63) is 41.7 Å². The fourth-order valence-corrected chi connectivity index (χ4v) is 4.45. The Morgan fingerprint density at radius 2 is 2.00 bits per heavy atom. The van der Waals surface area contributed by atoms with Gasteiger partial charge in [-0.15, -0.1) is 0 Å². The largest absolute Gasteiger partial charge is 0.497 e. The number of nitrogens with one attached hydrogen (secondary N) is 1. The van der Waals surface area contributed by atoms with E-state index in [-0.39, 0.29) is 35.6 Å². The zero-order valence-corrected chi connectivity index (χ0v) is 17.4. The summed E-state index contributed by atoms with van der Waals surface area (Å²) in [6, 6.07) is 7.71. The molecule has 1 saturated heterocycles. The molecule has 7 heteroatoms. The molecular weight excluding hydrogens is 368 g/mol. The normalized spacial score (nSPS) is 23.0. The van der Waals surface area contributed by atoms with E-state index in [1.165, 1.54) is 0 Å². The zero-order chi connectivity index (χ0) is 20.8. The van der Waals surface area contributed by atoms with Crippen molar-refractivity contribution in [3.63, 3.8) is 0 Å². The Morgan fingerprint density at radius 1 is 1.28 bits per heavy atom. The highest BCUT2D eigenvalue weighted by atomic mass is 16.5. The van der Waals surface area contributed by atoms with Crippen molar-refractivity contribution in [3.8, 4) is 11.4 Å². The van der Waals surface area contributed by atoms with E-state index in [1.54, 1.807) is 19.1 Å². The number of amides is 2. The number of fused-ring (bicyclic) bond motifs is 1. The summed E-state index contributed by atoms with van der Waals surface area (Å²) in [5.74, 6) is 0.504. The second-order valence-corrected chi connectivity index (χ2v) is 8.94. The number of carbonyl (C=O) groups excluding carboxylic acids is 2. The highest BCUT2D eigenvalue weighted by Crippen LogP contribution is 2.41. The number of hydrogen-bond donors (Lipinski definition) is 1. The summed E-state index contributed by atoms with van der Waals surface area (Å²) in [6.45, 7) is 4.92. The Hall–Kier alpha value is -2.83. The standard InChI is InChI=1S/C22H28N4O3/c1-22(2)10-18(24-21(28)14-9-20(27)25(3)13-14)17-12-23-26(19(17)11-22)15-5-7-16(29-4)8-6-15/h5-8,12,14,18H,9-11,13H2,1-4H3,(H,24,28)/t14-,18+/m1/s1. The minimum atomic E-state index is -0.280. The monoisotopic (exact) mass is 396 g/mol. The summed E-state index contributed by atoms with van der Waals surface area (Å²) < 4.78 is 7.21. The second-order valence-electron chi connectivity index (χ2n) is 8.94. The van der Waals surface area contributed by atoms with E-state index >= 15 is 0 Å². The molecule has 1 fully saturated rings. The van der Waals surface area contributed by atoms with Crippen LogP contribution in [0, 0.1) is 11.3 Å². The maximum atomic E-state index is 12.8. The number of carbonyl (C=O) groups is 2. The Bertz CT molecular complexity index is 932. The highest BCUT2D eigenvalue weighted by molar-refractivity contribution is 5.89. The smallest absolute Gasteiger partial charge is 0.225 e. The van der Waals surface area contributed by atoms with Gasteiger partial charge in [0.15, 0.2) is 0 Å². The molecule has 0 saturated carbocycles. The molecule has 1 aromatic carbocycles. The van der Waals surface area contributed by atoms with E-state index in [2.05, 4.69) is 24.3 Å². The lowest BCUT2D eigenvalue weighted by atomic mass is 9.74. The first-order chi connectivity index (χ1) is 13.8. The summed E-state index contributed by atoms with van der Waals surface area (Å²) in [5.41, 5.74) is 3.18. The number of rotatable bonds is 4. The average Bonchev–Trinajstić information content (AvgIpc) is 3.24. The molecule has 1 aliphatic carbocycles. The molecule has 0 spiro atoms. The Labute approximate surface area is 171 Å². The van der Waals surface area contributed by atoms with Crippen LogP contribution < -0.4 is 10.1 Å². The van der Waals surface area contributed by atoms with Crippen LogP contribution in [0.1, 0.15) is 44.0 Å². The maximum absolute atomic E-state index is 12.8. The fraction of sp³-hybridized carbons (Fsp3) is 0.500. The predicted octanol–water partition coefficient (Wildman–Crippen LogP) is 2.49. The molecule has 7 nitrogen and oxygen atoms in total. The number of methoxy groups -OCH3 is 1. The quantitative estimate of drug-likeness (QED) is 0.861. The van der Waals surface area contributed by atoms with Gasteiger partial charge in [-0.05, 0) is 42.5 Å². The molecule has 0 radical (unpaired) electrons. The molecule has 4 rings (SSSR count). The van der Waals surface area contributed by atoms with Crippen molar-refractivity contribution in [2.75, 3.05) is 20.7 Å². The van der Waals surface area contributed by atoms with Crippen molar-refractivity contribution < 1.29 is 14.3 Å². The van der Waals surface area contributed by atoms with Gasteiger partial charge < -0.3 is 15.0 Å². The van der Waals surface area contributed by atoms with Crippen LogP contribution in [0.3, 0.4) is 0 Å². The summed E-state index contributed by atoms with van der Waals surface area (Å²) in [5, 5.41) is 7.84. The number of nitrogens with zero attached hydrogens (tertiary/aromatic N) is 3. The number of ether oxygens (including phenoxy) is 1. The first-order valence-electron chi connectivity index (χ1n) is 10.0. The lowest BCUT2D eigenvalue weighted by molar-refractivity contribution is -0.128. The van der Waals surface area contributed by atoms with Crippen LogP contribution in [-0.2, 0) is 16.0 Å². The lowest BCUT2D eigenvalue weighted by Gasteiger charge is -2.36.